The third-order valence-corrected chi connectivity index (χ3v) is 3.39. The highest BCUT2D eigenvalue weighted by Crippen LogP contribution is 2.18. The number of aryl methyl sites for hydroxylation is 1. The molecule has 0 saturated carbocycles. The average molecular weight is 270 g/mol. The van der Waals surface area contributed by atoms with E-state index in [0.717, 1.165) is 0 Å². The van der Waals surface area contributed by atoms with Crippen LogP contribution in [0.5, 0.6) is 0 Å². The molecule has 1 fully saturated rings. The standard InChI is InChI=1S/C12H16ClN3O2/c1-3-15-7-9(13)6-10(15)12(18)16-5-4-14-11(17)8(16)2/h6-8H,3-5H2,1-2H3,(H,14,17). The van der Waals surface area contributed by atoms with E-state index in [4.69, 9.17) is 11.6 Å². The fourth-order valence-corrected chi connectivity index (χ4v) is 2.34. The maximum Gasteiger partial charge on any atom is 0.271 e. The molecule has 18 heavy (non-hydrogen) atoms. The first kappa shape index (κ1) is 13.0. The number of hydrogen-bond donors (Lipinski definition) is 1. The van der Waals surface area contributed by atoms with Crippen LogP contribution in [0.15, 0.2) is 12.3 Å². The highest BCUT2D eigenvalue weighted by molar-refractivity contribution is 6.31. The molecule has 1 atom stereocenters. The first-order valence-electron chi connectivity index (χ1n) is 5.99. The van der Waals surface area contributed by atoms with Gasteiger partial charge in [0, 0.05) is 25.8 Å². The minimum Gasteiger partial charge on any atom is -0.353 e. The summed E-state index contributed by atoms with van der Waals surface area (Å²) in [4.78, 5) is 25.6. The molecule has 1 aromatic rings. The van der Waals surface area contributed by atoms with Gasteiger partial charge < -0.3 is 14.8 Å². The Balaban J connectivity index is 2.27. The first-order valence-corrected chi connectivity index (χ1v) is 6.36. The molecular weight excluding hydrogens is 254 g/mol. The Morgan fingerprint density at radius 2 is 2.33 bits per heavy atom. The van der Waals surface area contributed by atoms with E-state index in [1.165, 1.54) is 0 Å². The van der Waals surface area contributed by atoms with E-state index < -0.39 is 6.04 Å². The minimum absolute atomic E-state index is 0.115. The van der Waals surface area contributed by atoms with Gasteiger partial charge in [-0.1, -0.05) is 11.6 Å². The van der Waals surface area contributed by atoms with Crippen molar-refractivity contribution in [1.82, 2.24) is 14.8 Å². The van der Waals surface area contributed by atoms with Gasteiger partial charge in [0.2, 0.25) is 5.91 Å². The van der Waals surface area contributed by atoms with Gasteiger partial charge in [0.05, 0.1) is 5.02 Å². The molecule has 2 rings (SSSR count). The molecule has 1 N–H and O–H groups in total. The van der Waals surface area contributed by atoms with E-state index in [0.29, 0.717) is 30.4 Å². The molecule has 0 bridgehead atoms. The van der Waals surface area contributed by atoms with Crippen LogP contribution in [0.3, 0.4) is 0 Å². The van der Waals surface area contributed by atoms with E-state index in [1.807, 2.05) is 6.92 Å². The summed E-state index contributed by atoms with van der Waals surface area (Å²) >= 11 is 5.92. The van der Waals surface area contributed by atoms with Crippen molar-refractivity contribution in [2.45, 2.75) is 26.4 Å². The predicted octanol–water partition coefficient (Wildman–Crippen LogP) is 1.12. The predicted molar refractivity (Wildman–Crippen MR) is 68.6 cm³/mol. The highest BCUT2D eigenvalue weighted by atomic mass is 35.5. The van der Waals surface area contributed by atoms with Crippen molar-refractivity contribution in [3.05, 3.63) is 23.0 Å². The molecule has 1 saturated heterocycles. The fraction of sp³-hybridized carbons (Fsp3) is 0.500. The number of amides is 2. The van der Waals surface area contributed by atoms with Crippen molar-refractivity contribution in [1.29, 1.82) is 0 Å². The van der Waals surface area contributed by atoms with Crippen molar-refractivity contribution in [2.24, 2.45) is 0 Å². The zero-order valence-electron chi connectivity index (χ0n) is 10.4. The van der Waals surface area contributed by atoms with E-state index in [2.05, 4.69) is 5.32 Å². The summed E-state index contributed by atoms with van der Waals surface area (Å²) in [6, 6.07) is 1.21. The summed E-state index contributed by atoms with van der Waals surface area (Å²) in [6.45, 7) is 5.36. The van der Waals surface area contributed by atoms with E-state index in [-0.39, 0.29) is 11.8 Å². The van der Waals surface area contributed by atoms with Crippen LogP contribution in [0, 0.1) is 0 Å². The Morgan fingerprint density at radius 3 is 3.00 bits per heavy atom. The number of carbonyl (C=O) groups excluding carboxylic acids is 2. The zero-order chi connectivity index (χ0) is 13.3. The molecule has 1 unspecified atom stereocenters. The molecule has 98 valence electrons. The number of carbonyl (C=O) groups is 2. The van der Waals surface area contributed by atoms with Crippen LogP contribution in [-0.4, -0.2) is 40.4 Å². The lowest BCUT2D eigenvalue weighted by molar-refractivity contribution is -0.127. The van der Waals surface area contributed by atoms with Gasteiger partial charge in [0.1, 0.15) is 11.7 Å². The second-order valence-electron chi connectivity index (χ2n) is 4.30. The topological polar surface area (TPSA) is 54.3 Å². The monoisotopic (exact) mass is 269 g/mol. The zero-order valence-corrected chi connectivity index (χ0v) is 11.2. The SMILES string of the molecule is CCn1cc(Cl)cc1C(=O)N1CCNC(=O)C1C. The van der Waals surface area contributed by atoms with Gasteiger partial charge in [-0.05, 0) is 19.9 Å². The van der Waals surface area contributed by atoms with Crippen molar-refractivity contribution in [3.8, 4) is 0 Å². The minimum atomic E-state index is -0.440. The van der Waals surface area contributed by atoms with Crippen LogP contribution in [0.2, 0.25) is 5.02 Å². The number of piperazine rings is 1. The number of halogens is 1. The van der Waals surface area contributed by atoms with Crippen LogP contribution in [-0.2, 0) is 11.3 Å². The second kappa shape index (κ2) is 5.02. The van der Waals surface area contributed by atoms with Gasteiger partial charge in [-0.15, -0.1) is 0 Å². The van der Waals surface area contributed by atoms with Crippen LogP contribution in [0.25, 0.3) is 0 Å². The Morgan fingerprint density at radius 1 is 1.61 bits per heavy atom. The van der Waals surface area contributed by atoms with Gasteiger partial charge in [0.25, 0.3) is 5.91 Å². The largest absolute Gasteiger partial charge is 0.353 e. The molecule has 6 heteroatoms. The van der Waals surface area contributed by atoms with Crippen LogP contribution < -0.4 is 5.32 Å². The van der Waals surface area contributed by atoms with E-state index in [1.54, 1.807) is 28.7 Å². The lowest BCUT2D eigenvalue weighted by Gasteiger charge is -2.32. The summed E-state index contributed by atoms with van der Waals surface area (Å²) in [7, 11) is 0. The average Bonchev–Trinajstić information content (AvgIpc) is 2.73. The molecular formula is C12H16ClN3O2. The molecule has 1 aliphatic rings. The molecule has 0 spiro atoms. The molecule has 1 aromatic heterocycles. The van der Waals surface area contributed by atoms with Crippen molar-refractivity contribution < 1.29 is 9.59 Å². The lowest BCUT2D eigenvalue weighted by atomic mass is 10.2. The van der Waals surface area contributed by atoms with E-state index in [9.17, 15) is 9.59 Å². The molecule has 5 nitrogen and oxygen atoms in total. The number of hydrogen-bond acceptors (Lipinski definition) is 2. The summed E-state index contributed by atoms with van der Waals surface area (Å²) in [5.41, 5.74) is 0.532. The Kier molecular flexibility index (Phi) is 3.61. The summed E-state index contributed by atoms with van der Waals surface area (Å²) < 4.78 is 1.80. The van der Waals surface area contributed by atoms with Gasteiger partial charge in [-0.25, -0.2) is 0 Å². The molecule has 1 aliphatic heterocycles. The summed E-state index contributed by atoms with van der Waals surface area (Å²) in [5, 5.41) is 3.27. The van der Waals surface area contributed by atoms with Gasteiger partial charge in [-0.2, -0.15) is 0 Å². The van der Waals surface area contributed by atoms with Gasteiger partial charge >= 0.3 is 0 Å². The van der Waals surface area contributed by atoms with Crippen LogP contribution in [0.4, 0.5) is 0 Å². The van der Waals surface area contributed by atoms with Gasteiger partial charge in [-0.3, -0.25) is 9.59 Å². The third kappa shape index (κ3) is 2.22. The van der Waals surface area contributed by atoms with Crippen molar-refractivity contribution in [2.75, 3.05) is 13.1 Å². The molecule has 0 aromatic carbocycles. The van der Waals surface area contributed by atoms with Crippen molar-refractivity contribution in [3.63, 3.8) is 0 Å². The number of aromatic nitrogens is 1. The third-order valence-electron chi connectivity index (χ3n) is 3.18. The Hall–Kier alpha value is -1.49. The normalized spacial score (nSPS) is 19.8. The number of rotatable bonds is 2. The molecule has 2 heterocycles. The highest BCUT2D eigenvalue weighted by Gasteiger charge is 2.31. The number of nitrogens with one attached hydrogen (secondary N) is 1. The van der Waals surface area contributed by atoms with E-state index >= 15 is 0 Å². The quantitative estimate of drug-likeness (QED) is 0.875. The molecule has 0 aliphatic carbocycles. The Bertz CT molecular complexity index is 484. The molecule has 2 amide bonds. The summed E-state index contributed by atoms with van der Waals surface area (Å²) in [6.07, 6.45) is 1.73. The maximum absolute atomic E-state index is 12.4. The van der Waals surface area contributed by atoms with Crippen molar-refractivity contribution >= 4 is 23.4 Å². The lowest BCUT2D eigenvalue weighted by Crippen LogP contribution is -2.56. The molecule has 0 radical (unpaired) electrons. The smallest absolute Gasteiger partial charge is 0.271 e. The number of nitrogens with zero attached hydrogens (tertiary/aromatic N) is 2. The summed E-state index contributed by atoms with van der Waals surface area (Å²) in [5.74, 6) is -0.263. The van der Waals surface area contributed by atoms with Gasteiger partial charge in [0.15, 0.2) is 0 Å². The fourth-order valence-electron chi connectivity index (χ4n) is 2.12. The van der Waals surface area contributed by atoms with Crippen LogP contribution >= 0.6 is 11.6 Å². The first-order chi connectivity index (χ1) is 8.54. The maximum atomic E-state index is 12.4. The van der Waals surface area contributed by atoms with Crippen LogP contribution in [0.1, 0.15) is 24.3 Å². The second-order valence-corrected chi connectivity index (χ2v) is 4.73. The Labute approximate surface area is 111 Å².